The lowest BCUT2D eigenvalue weighted by atomic mass is 10.0. The first kappa shape index (κ1) is 14.4. The molecular weight excluding hydrogens is 212 g/mol. The summed E-state index contributed by atoms with van der Waals surface area (Å²) in [5.41, 5.74) is 5.20. The van der Waals surface area contributed by atoms with Crippen LogP contribution in [0.1, 0.15) is 33.1 Å². The second-order valence-corrected chi connectivity index (χ2v) is 5.49. The van der Waals surface area contributed by atoms with Gasteiger partial charge in [-0.05, 0) is 46.3 Å². The predicted molar refractivity (Wildman–Crippen MR) is 70.6 cm³/mol. The third-order valence-electron chi connectivity index (χ3n) is 3.67. The van der Waals surface area contributed by atoms with Gasteiger partial charge in [-0.25, -0.2) is 0 Å². The normalized spacial score (nSPS) is 27.1. The molecule has 0 spiro atoms. The van der Waals surface area contributed by atoms with Crippen molar-refractivity contribution in [2.24, 2.45) is 5.73 Å². The molecule has 2 unspecified atom stereocenters. The highest BCUT2D eigenvalue weighted by atomic mass is 15.2. The molecule has 0 saturated carbocycles. The zero-order valence-electron chi connectivity index (χ0n) is 11.4. The summed E-state index contributed by atoms with van der Waals surface area (Å²) < 4.78 is 0. The summed E-state index contributed by atoms with van der Waals surface area (Å²) in [5.74, 6) is 0. The van der Waals surface area contributed by atoms with Crippen LogP contribution >= 0.6 is 0 Å². The lowest BCUT2D eigenvalue weighted by molar-refractivity contribution is 0.174. The molecule has 0 aromatic carbocycles. The van der Waals surface area contributed by atoms with Crippen molar-refractivity contribution in [2.45, 2.75) is 44.7 Å². The van der Waals surface area contributed by atoms with Crippen LogP contribution in [0.5, 0.6) is 0 Å². The van der Waals surface area contributed by atoms with E-state index in [0.29, 0.717) is 6.04 Å². The van der Waals surface area contributed by atoms with Crippen LogP contribution in [0.2, 0.25) is 0 Å². The van der Waals surface area contributed by atoms with E-state index in [1.54, 1.807) is 0 Å². The monoisotopic (exact) mass is 238 g/mol. The Balaban J connectivity index is 2.52. The number of nitriles is 1. The van der Waals surface area contributed by atoms with Crippen LogP contribution in [0.4, 0.5) is 0 Å². The Morgan fingerprint density at radius 1 is 1.47 bits per heavy atom. The van der Waals surface area contributed by atoms with Crippen LogP contribution in [-0.4, -0.2) is 54.6 Å². The summed E-state index contributed by atoms with van der Waals surface area (Å²) in [6.07, 6.45) is 3.13. The SMILES string of the molecule is CCC1CN(C)CCCN1CCC(C)(N)C#N. The van der Waals surface area contributed by atoms with E-state index in [1.165, 1.54) is 13.0 Å². The molecule has 0 bridgehead atoms. The zero-order chi connectivity index (χ0) is 12.9. The van der Waals surface area contributed by atoms with Gasteiger partial charge in [-0.1, -0.05) is 6.92 Å². The van der Waals surface area contributed by atoms with Gasteiger partial charge in [0, 0.05) is 19.1 Å². The molecule has 0 aromatic rings. The number of hydrogen-bond donors (Lipinski definition) is 1. The molecule has 0 amide bonds. The van der Waals surface area contributed by atoms with Crippen LogP contribution in [0.25, 0.3) is 0 Å². The van der Waals surface area contributed by atoms with Crippen molar-refractivity contribution in [3.8, 4) is 6.07 Å². The van der Waals surface area contributed by atoms with Crippen LogP contribution in [-0.2, 0) is 0 Å². The topological polar surface area (TPSA) is 56.3 Å². The Morgan fingerprint density at radius 2 is 2.18 bits per heavy atom. The first-order valence-electron chi connectivity index (χ1n) is 6.61. The fourth-order valence-electron chi connectivity index (χ4n) is 2.41. The van der Waals surface area contributed by atoms with E-state index in [-0.39, 0.29) is 0 Å². The van der Waals surface area contributed by atoms with E-state index in [2.05, 4.69) is 29.8 Å². The minimum absolute atomic E-state index is 0.608. The molecule has 4 heteroatoms. The molecule has 0 aromatic heterocycles. The van der Waals surface area contributed by atoms with Crippen LogP contribution < -0.4 is 5.73 Å². The fraction of sp³-hybridized carbons (Fsp3) is 0.923. The Bertz CT molecular complexity index is 269. The predicted octanol–water partition coefficient (Wildman–Crippen LogP) is 1.03. The van der Waals surface area contributed by atoms with Gasteiger partial charge in [-0.2, -0.15) is 5.26 Å². The van der Waals surface area contributed by atoms with E-state index in [0.717, 1.165) is 32.5 Å². The quantitative estimate of drug-likeness (QED) is 0.795. The van der Waals surface area contributed by atoms with E-state index in [1.807, 2.05) is 6.92 Å². The van der Waals surface area contributed by atoms with Gasteiger partial charge in [0.2, 0.25) is 0 Å². The molecule has 0 radical (unpaired) electrons. The average Bonchev–Trinajstić information content (AvgIpc) is 2.48. The van der Waals surface area contributed by atoms with Gasteiger partial charge in [0.05, 0.1) is 6.07 Å². The summed E-state index contributed by atoms with van der Waals surface area (Å²) in [7, 11) is 2.19. The number of hydrogen-bond acceptors (Lipinski definition) is 4. The lowest BCUT2D eigenvalue weighted by Crippen LogP contribution is -2.44. The van der Waals surface area contributed by atoms with E-state index in [4.69, 9.17) is 11.0 Å². The van der Waals surface area contributed by atoms with Crippen molar-refractivity contribution < 1.29 is 0 Å². The molecule has 0 aliphatic carbocycles. The van der Waals surface area contributed by atoms with Gasteiger partial charge in [0.15, 0.2) is 0 Å². The number of likely N-dealkylation sites (N-methyl/N-ethyl adjacent to an activating group) is 1. The molecule has 1 aliphatic rings. The van der Waals surface area contributed by atoms with Crippen molar-refractivity contribution in [3.63, 3.8) is 0 Å². The Kier molecular flexibility index (Phi) is 5.38. The van der Waals surface area contributed by atoms with Crippen molar-refractivity contribution >= 4 is 0 Å². The number of nitrogens with zero attached hydrogens (tertiary/aromatic N) is 3. The molecule has 2 N–H and O–H groups in total. The fourth-order valence-corrected chi connectivity index (χ4v) is 2.41. The third kappa shape index (κ3) is 4.63. The number of nitrogens with two attached hydrogens (primary N) is 1. The Hall–Kier alpha value is -0.630. The summed E-state index contributed by atoms with van der Waals surface area (Å²) in [5, 5.41) is 8.94. The highest BCUT2D eigenvalue weighted by molar-refractivity contribution is 5.01. The first-order chi connectivity index (χ1) is 7.98. The van der Waals surface area contributed by atoms with E-state index in [9.17, 15) is 0 Å². The molecule has 1 rings (SSSR count). The standard InChI is InChI=1S/C13H26N4/c1-4-12-10-16(3)7-5-8-17(12)9-6-13(2,15)11-14/h12H,4-10,15H2,1-3H3. The summed E-state index contributed by atoms with van der Waals surface area (Å²) in [4.78, 5) is 4.91. The molecule has 98 valence electrons. The van der Waals surface area contributed by atoms with Crippen LogP contribution in [0, 0.1) is 11.3 Å². The summed E-state index contributed by atoms with van der Waals surface area (Å²) in [6.45, 7) is 8.42. The van der Waals surface area contributed by atoms with Gasteiger partial charge in [0.25, 0.3) is 0 Å². The van der Waals surface area contributed by atoms with Gasteiger partial charge in [-0.3, -0.25) is 4.90 Å². The van der Waals surface area contributed by atoms with Crippen molar-refractivity contribution in [3.05, 3.63) is 0 Å². The average molecular weight is 238 g/mol. The largest absolute Gasteiger partial charge is 0.314 e. The van der Waals surface area contributed by atoms with Gasteiger partial charge in [0.1, 0.15) is 5.54 Å². The van der Waals surface area contributed by atoms with Gasteiger partial charge >= 0.3 is 0 Å². The van der Waals surface area contributed by atoms with Crippen LogP contribution in [0.15, 0.2) is 0 Å². The maximum atomic E-state index is 8.94. The minimum atomic E-state index is -0.684. The smallest absolute Gasteiger partial charge is 0.102 e. The molecule has 1 heterocycles. The lowest BCUT2D eigenvalue weighted by Gasteiger charge is -2.31. The highest BCUT2D eigenvalue weighted by Crippen LogP contribution is 2.14. The molecule has 1 fully saturated rings. The first-order valence-corrected chi connectivity index (χ1v) is 6.61. The molecular formula is C13H26N4. The maximum Gasteiger partial charge on any atom is 0.102 e. The third-order valence-corrected chi connectivity index (χ3v) is 3.67. The minimum Gasteiger partial charge on any atom is -0.314 e. The molecule has 1 saturated heterocycles. The summed E-state index contributed by atoms with van der Waals surface area (Å²) >= 11 is 0. The number of rotatable bonds is 4. The summed E-state index contributed by atoms with van der Waals surface area (Å²) in [6, 6.07) is 2.79. The van der Waals surface area contributed by atoms with Gasteiger partial charge < -0.3 is 10.6 Å². The molecule has 1 aliphatic heterocycles. The maximum absolute atomic E-state index is 8.94. The zero-order valence-corrected chi connectivity index (χ0v) is 11.4. The van der Waals surface area contributed by atoms with Crippen molar-refractivity contribution in [1.82, 2.24) is 9.80 Å². The Morgan fingerprint density at radius 3 is 2.76 bits per heavy atom. The highest BCUT2D eigenvalue weighted by Gasteiger charge is 2.24. The van der Waals surface area contributed by atoms with Crippen molar-refractivity contribution in [2.75, 3.05) is 33.2 Å². The second-order valence-electron chi connectivity index (χ2n) is 5.49. The van der Waals surface area contributed by atoms with Gasteiger partial charge in [-0.15, -0.1) is 0 Å². The molecule has 4 nitrogen and oxygen atoms in total. The van der Waals surface area contributed by atoms with E-state index >= 15 is 0 Å². The second kappa shape index (κ2) is 6.34. The van der Waals surface area contributed by atoms with E-state index < -0.39 is 5.54 Å². The Labute approximate surface area is 105 Å². The molecule has 2 atom stereocenters. The van der Waals surface area contributed by atoms with Crippen molar-refractivity contribution in [1.29, 1.82) is 5.26 Å². The van der Waals surface area contributed by atoms with Crippen LogP contribution in [0.3, 0.4) is 0 Å². The molecule has 17 heavy (non-hydrogen) atoms.